The minimum Gasteiger partial charge on any atom is -0.481 e. The molecule has 2 rings (SSSR count). The fraction of sp³-hybridized carbons (Fsp3) is 0.200. The van der Waals surface area contributed by atoms with Gasteiger partial charge in [-0.2, -0.15) is 36.4 Å². The van der Waals surface area contributed by atoms with E-state index in [1.807, 2.05) is 60.7 Å². The summed E-state index contributed by atoms with van der Waals surface area (Å²) in [5, 5.41) is 16.3. The summed E-state index contributed by atoms with van der Waals surface area (Å²) in [5.41, 5.74) is 5.00. The van der Waals surface area contributed by atoms with Gasteiger partial charge in [0.05, 0.1) is 0 Å². The SMILES string of the molecule is N[C@@H](CCC(=O)O)C(=O)O.[Fe].[Na+].c1cc[cH-]c1.c1cc[cH-]c1. The van der Waals surface area contributed by atoms with Gasteiger partial charge in [-0.25, -0.2) is 24.3 Å². The number of carboxylic acids is 2. The van der Waals surface area contributed by atoms with Crippen LogP contribution in [0, 0.1) is 0 Å². The molecule has 22 heavy (non-hydrogen) atoms. The number of carbonyl (C=O) groups is 2. The van der Waals surface area contributed by atoms with Crippen LogP contribution in [0.5, 0.6) is 0 Å². The molecule has 1 atom stereocenters. The van der Waals surface area contributed by atoms with E-state index in [1.54, 1.807) is 0 Å². The minimum absolute atomic E-state index is 0. The van der Waals surface area contributed by atoms with Crippen molar-refractivity contribution in [2.24, 2.45) is 5.73 Å². The van der Waals surface area contributed by atoms with Crippen molar-refractivity contribution < 1.29 is 66.4 Å². The van der Waals surface area contributed by atoms with Crippen LogP contribution in [-0.4, -0.2) is 28.2 Å². The van der Waals surface area contributed by atoms with Crippen LogP contribution in [0.4, 0.5) is 0 Å². The number of rotatable bonds is 4. The second-order valence-electron chi connectivity index (χ2n) is 3.80. The van der Waals surface area contributed by atoms with Gasteiger partial charge in [0, 0.05) is 23.5 Å². The van der Waals surface area contributed by atoms with Crippen molar-refractivity contribution in [2.75, 3.05) is 0 Å². The van der Waals surface area contributed by atoms with Crippen molar-refractivity contribution in [3.05, 3.63) is 60.7 Å². The predicted molar refractivity (Wildman–Crippen MR) is 76.6 cm³/mol. The van der Waals surface area contributed by atoms with Gasteiger partial charge < -0.3 is 15.9 Å². The van der Waals surface area contributed by atoms with Gasteiger partial charge >= 0.3 is 41.5 Å². The molecule has 0 heterocycles. The Labute approximate surface area is 163 Å². The molecule has 7 heteroatoms. The van der Waals surface area contributed by atoms with Gasteiger partial charge in [0.25, 0.3) is 0 Å². The Hall–Kier alpha value is -0.881. The van der Waals surface area contributed by atoms with E-state index in [4.69, 9.17) is 15.9 Å². The van der Waals surface area contributed by atoms with Gasteiger partial charge in [0.2, 0.25) is 0 Å². The summed E-state index contributed by atoms with van der Waals surface area (Å²) in [6.07, 6.45) is -0.224. The van der Waals surface area contributed by atoms with E-state index in [9.17, 15) is 9.59 Å². The Kier molecular flexibility index (Phi) is 21.5. The van der Waals surface area contributed by atoms with Gasteiger partial charge in [-0.15, -0.1) is 0 Å². The molecule has 0 fully saturated rings. The van der Waals surface area contributed by atoms with Gasteiger partial charge in [-0.05, 0) is 6.42 Å². The van der Waals surface area contributed by atoms with E-state index in [-0.39, 0.29) is 59.5 Å². The number of hydrogen-bond acceptors (Lipinski definition) is 3. The number of carboxylic acid groups (broad SMARTS) is 2. The van der Waals surface area contributed by atoms with Crippen LogP contribution in [0.3, 0.4) is 0 Å². The number of aliphatic carboxylic acids is 2. The molecule has 0 spiro atoms. The second-order valence-corrected chi connectivity index (χ2v) is 3.80. The maximum Gasteiger partial charge on any atom is 1.00 e. The minimum atomic E-state index is -1.17. The third kappa shape index (κ3) is 19.1. The molecule has 0 aromatic heterocycles. The molecule has 0 radical (unpaired) electrons. The van der Waals surface area contributed by atoms with Crippen LogP contribution in [0.25, 0.3) is 0 Å². The summed E-state index contributed by atoms with van der Waals surface area (Å²) in [7, 11) is 0. The smallest absolute Gasteiger partial charge is 0.481 e. The van der Waals surface area contributed by atoms with Crippen molar-refractivity contribution in [1.82, 2.24) is 0 Å². The largest absolute Gasteiger partial charge is 1.00 e. The Morgan fingerprint density at radius 1 is 0.955 bits per heavy atom. The summed E-state index contributed by atoms with van der Waals surface area (Å²) >= 11 is 0. The Morgan fingerprint density at radius 3 is 1.50 bits per heavy atom. The van der Waals surface area contributed by atoms with Crippen molar-refractivity contribution in [2.45, 2.75) is 18.9 Å². The summed E-state index contributed by atoms with van der Waals surface area (Å²) in [4.78, 5) is 19.9. The van der Waals surface area contributed by atoms with Crippen LogP contribution in [0.2, 0.25) is 0 Å². The van der Waals surface area contributed by atoms with E-state index in [0.29, 0.717) is 0 Å². The normalized spacial score (nSPS) is 9.32. The first kappa shape index (κ1) is 26.0. The van der Waals surface area contributed by atoms with Gasteiger partial charge in [-0.3, -0.25) is 9.59 Å². The number of nitrogens with two attached hydrogens (primary N) is 1. The van der Waals surface area contributed by atoms with Gasteiger partial charge in [0.1, 0.15) is 6.04 Å². The monoisotopic (exact) mass is 356 g/mol. The molecule has 2 aromatic carbocycles. The molecule has 0 unspecified atom stereocenters. The topological polar surface area (TPSA) is 101 Å². The molecule has 118 valence electrons. The molecule has 0 amide bonds. The quantitative estimate of drug-likeness (QED) is 0.486. The second kappa shape index (κ2) is 18.2. The standard InChI is InChI=1S/C5H9NO4.2C5H5.Fe.Na/c6-3(5(9)10)1-2-4(7)8;2*1-2-4-5-3-1;;/h3H,1-2,6H2,(H,7,8)(H,9,10);2*1-5H;;/q;2*-1;;+1/t3-;;;;/m0..../s1. The van der Waals surface area contributed by atoms with Crippen LogP contribution < -0.4 is 35.3 Å². The zero-order valence-electron chi connectivity index (χ0n) is 12.4. The Balaban J connectivity index is -0.000000254. The van der Waals surface area contributed by atoms with Crippen molar-refractivity contribution >= 4 is 11.9 Å². The van der Waals surface area contributed by atoms with E-state index in [0.717, 1.165) is 0 Å². The zero-order valence-corrected chi connectivity index (χ0v) is 15.5. The Morgan fingerprint density at radius 2 is 1.32 bits per heavy atom. The summed E-state index contributed by atoms with van der Waals surface area (Å²) in [6.45, 7) is 0. The fourth-order valence-electron chi connectivity index (χ4n) is 1.04. The maximum absolute atomic E-state index is 9.99. The molecule has 0 saturated carbocycles. The van der Waals surface area contributed by atoms with Gasteiger partial charge in [-0.1, -0.05) is 0 Å². The van der Waals surface area contributed by atoms with E-state index in [1.165, 1.54) is 0 Å². The third-order valence-electron chi connectivity index (χ3n) is 2.10. The van der Waals surface area contributed by atoms with E-state index < -0.39 is 18.0 Å². The predicted octanol–water partition coefficient (Wildman–Crippen LogP) is -0.924. The van der Waals surface area contributed by atoms with Crippen molar-refractivity contribution in [1.29, 1.82) is 0 Å². The van der Waals surface area contributed by atoms with Gasteiger partial charge in [0.15, 0.2) is 0 Å². The molecule has 2 aromatic rings. The molecular formula is C15H19FeNNaO4-. The van der Waals surface area contributed by atoms with Crippen molar-refractivity contribution in [3.8, 4) is 0 Å². The van der Waals surface area contributed by atoms with E-state index in [2.05, 4.69) is 0 Å². The first-order valence-corrected chi connectivity index (χ1v) is 6.07. The molecule has 0 aliphatic heterocycles. The average Bonchev–Trinajstić information content (AvgIpc) is 3.11. The van der Waals surface area contributed by atoms with Crippen LogP contribution in [0.15, 0.2) is 60.7 Å². The molecular weight excluding hydrogens is 337 g/mol. The van der Waals surface area contributed by atoms with Crippen LogP contribution in [0.1, 0.15) is 12.8 Å². The van der Waals surface area contributed by atoms with Crippen molar-refractivity contribution in [3.63, 3.8) is 0 Å². The fourth-order valence-corrected chi connectivity index (χ4v) is 1.04. The molecule has 0 aliphatic rings. The molecule has 0 saturated heterocycles. The summed E-state index contributed by atoms with van der Waals surface area (Å²) in [5.74, 6) is -2.20. The molecule has 4 N–H and O–H groups in total. The summed E-state index contributed by atoms with van der Waals surface area (Å²) in [6, 6.07) is 18.9. The molecule has 0 bridgehead atoms. The first-order valence-electron chi connectivity index (χ1n) is 6.07. The average molecular weight is 356 g/mol. The van der Waals surface area contributed by atoms with E-state index >= 15 is 0 Å². The van der Waals surface area contributed by atoms with Crippen LogP contribution in [-0.2, 0) is 26.7 Å². The van der Waals surface area contributed by atoms with Crippen LogP contribution >= 0.6 is 0 Å². The summed E-state index contributed by atoms with van der Waals surface area (Å²) < 4.78 is 0. The number of hydrogen-bond donors (Lipinski definition) is 3. The first-order chi connectivity index (χ1) is 9.54. The molecule has 0 aliphatic carbocycles. The Bertz CT molecular complexity index is 385. The molecule has 5 nitrogen and oxygen atoms in total. The maximum atomic E-state index is 9.99. The third-order valence-corrected chi connectivity index (χ3v) is 2.10. The zero-order chi connectivity index (χ0) is 15.2.